The standard InChI is InChI=1S/C2H5Cl6NP2/c1-2(10(3,4)5)9-11(6,7)8/h2,10H,1H3. The Kier molecular flexibility index (Phi) is 5.80. The van der Waals surface area contributed by atoms with E-state index in [1.165, 1.54) is 0 Å². The molecule has 0 aromatic carbocycles. The van der Waals surface area contributed by atoms with E-state index in [0.717, 1.165) is 0 Å². The molecule has 0 aromatic rings. The second-order valence-electron chi connectivity index (χ2n) is 1.75. The van der Waals surface area contributed by atoms with Gasteiger partial charge in [-0.1, -0.05) is 0 Å². The van der Waals surface area contributed by atoms with Crippen molar-refractivity contribution >= 4 is 77.9 Å². The van der Waals surface area contributed by atoms with Crippen LogP contribution >= 0.6 is 77.9 Å². The SMILES string of the molecule is CC(N=P(Cl)(Cl)Cl)[PH](Cl)(Cl)Cl. The van der Waals surface area contributed by atoms with Crippen molar-refractivity contribution in [2.24, 2.45) is 4.74 Å². The van der Waals surface area contributed by atoms with Crippen molar-refractivity contribution in [3.8, 4) is 0 Å². The molecule has 0 aliphatic heterocycles. The third-order valence-electron chi connectivity index (χ3n) is 0.778. The van der Waals surface area contributed by atoms with Crippen molar-refractivity contribution in [2.75, 3.05) is 0 Å². The summed E-state index contributed by atoms with van der Waals surface area (Å²) >= 11 is 33.2. The van der Waals surface area contributed by atoms with Crippen LogP contribution in [0.4, 0.5) is 0 Å². The summed E-state index contributed by atoms with van der Waals surface area (Å²) in [5, 5.41) is -5.59. The summed E-state index contributed by atoms with van der Waals surface area (Å²) < 4.78 is 3.75. The Hall–Kier alpha value is 2.40. The molecule has 0 amide bonds. The van der Waals surface area contributed by atoms with Crippen molar-refractivity contribution < 1.29 is 0 Å². The van der Waals surface area contributed by atoms with Gasteiger partial charge in [-0.05, 0) is 0 Å². The summed E-state index contributed by atoms with van der Waals surface area (Å²) in [6.45, 7) is 1.63. The molecule has 0 rings (SSSR count). The summed E-state index contributed by atoms with van der Waals surface area (Å²) in [7, 11) is 0. The van der Waals surface area contributed by atoms with Crippen LogP contribution in [0.5, 0.6) is 0 Å². The second-order valence-corrected chi connectivity index (χ2v) is 17.8. The van der Waals surface area contributed by atoms with Gasteiger partial charge in [-0.15, -0.1) is 0 Å². The number of hydrogen-bond donors (Lipinski definition) is 0. The van der Waals surface area contributed by atoms with Crippen molar-refractivity contribution in [1.82, 2.24) is 0 Å². The summed E-state index contributed by atoms with van der Waals surface area (Å²) in [5.74, 6) is -0.478. The Morgan fingerprint density at radius 2 is 1.55 bits per heavy atom. The Morgan fingerprint density at radius 1 is 1.18 bits per heavy atom. The van der Waals surface area contributed by atoms with Crippen LogP contribution in [0.1, 0.15) is 6.92 Å². The molecule has 0 fully saturated rings. The van der Waals surface area contributed by atoms with Gasteiger partial charge in [0.05, 0.1) is 0 Å². The summed E-state index contributed by atoms with van der Waals surface area (Å²) in [6.07, 6.45) is 0. The zero-order chi connectivity index (χ0) is 9.28. The van der Waals surface area contributed by atoms with E-state index in [2.05, 4.69) is 4.74 Å². The quantitative estimate of drug-likeness (QED) is 0.537. The van der Waals surface area contributed by atoms with Crippen LogP contribution in [0.2, 0.25) is 0 Å². The van der Waals surface area contributed by atoms with Gasteiger partial charge in [0.2, 0.25) is 0 Å². The zero-order valence-electron chi connectivity index (χ0n) is 5.24. The fourth-order valence-electron chi connectivity index (χ4n) is 0.262. The van der Waals surface area contributed by atoms with Gasteiger partial charge in [0.1, 0.15) is 0 Å². The average Bonchev–Trinajstić information content (AvgIpc) is 1.56. The molecule has 0 spiro atoms. The van der Waals surface area contributed by atoms with Crippen molar-refractivity contribution in [3.05, 3.63) is 0 Å². The minimum absolute atomic E-state index is 0.478. The fraction of sp³-hybridized carbons (Fsp3) is 1.00. The molecule has 0 saturated heterocycles. The summed E-state index contributed by atoms with van der Waals surface area (Å²) in [6, 6.07) is 0. The minimum atomic E-state index is -2.85. The van der Waals surface area contributed by atoms with E-state index in [-0.39, 0.29) is 0 Å². The molecular weight excluding hydrogens is 313 g/mol. The Balaban J connectivity index is 4.43. The number of hydrogen-bond acceptors (Lipinski definition) is 1. The van der Waals surface area contributed by atoms with Crippen LogP contribution < -0.4 is 0 Å². The maximum absolute atomic E-state index is 5.61. The normalized spacial score (nSPS) is 17.7. The predicted molar refractivity (Wildman–Crippen MR) is 62.2 cm³/mol. The first kappa shape index (κ1) is 13.4. The van der Waals surface area contributed by atoms with Crippen LogP contribution in [0.3, 0.4) is 0 Å². The van der Waals surface area contributed by atoms with Crippen molar-refractivity contribution in [3.63, 3.8) is 0 Å². The molecule has 1 nitrogen and oxygen atoms in total. The number of halogens is 6. The molecule has 0 aliphatic carbocycles. The van der Waals surface area contributed by atoms with Gasteiger partial charge in [0, 0.05) is 0 Å². The van der Waals surface area contributed by atoms with Gasteiger partial charge in [0.25, 0.3) is 0 Å². The number of rotatable bonds is 2. The Bertz CT molecular complexity index is 171. The van der Waals surface area contributed by atoms with Crippen LogP contribution in [-0.4, -0.2) is 5.78 Å². The first-order chi connectivity index (χ1) is 4.63. The molecule has 70 valence electrons. The zero-order valence-corrected chi connectivity index (χ0v) is 11.7. The maximum atomic E-state index is 5.61. The van der Waals surface area contributed by atoms with E-state index in [9.17, 15) is 0 Å². The molecule has 0 radical (unpaired) electrons. The third kappa shape index (κ3) is 7.47. The fourth-order valence-corrected chi connectivity index (χ4v) is 4.71. The van der Waals surface area contributed by atoms with Gasteiger partial charge in [-0.25, -0.2) is 0 Å². The predicted octanol–water partition coefficient (Wildman–Crippen LogP) is 6.21. The van der Waals surface area contributed by atoms with Gasteiger partial charge in [0.15, 0.2) is 0 Å². The van der Waals surface area contributed by atoms with E-state index < -0.39 is 16.2 Å². The summed E-state index contributed by atoms with van der Waals surface area (Å²) in [5.41, 5.74) is 0. The first-order valence-corrected chi connectivity index (χ1v) is 12.0. The van der Waals surface area contributed by atoms with Crippen LogP contribution in [-0.2, 0) is 0 Å². The van der Waals surface area contributed by atoms with Gasteiger partial charge in [-0.3, -0.25) is 0 Å². The van der Waals surface area contributed by atoms with E-state index in [0.29, 0.717) is 0 Å². The molecule has 0 saturated carbocycles. The van der Waals surface area contributed by atoms with E-state index >= 15 is 0 Å². The van der Waals surface area contributed by atoms with Crippen molar-refractivity contribution in [2.45, 2.75) is 12.7 Å². The van der Waals surface area contributed by atoms with Gasteiger partial charge >= 0.3 is 95.3 Å². The molecule has 0 N–H and O–H groups in total. The van der Waals surface area contributed by atoms with Gasteiger partial charge in [-0.2, -0.15) is 0 Å². The van der Waals surface area contributed by atoms with Gasteiger partial charge < -0.3 is 0 Å². The van der Waals surface area contributed by atoms with E-state index in [4.69, 9.17) is 67.4 Å². The Labute approximate surface area is 94.8 Å². The van der Waals surface area contributed by atoms with E-state index in [1.54, 1.807) is 6.92 Å². The van der Waals surface area contributed by atoms with Crippen LogP contribution in [0, 0.1) is 0 Å². The van der Waals surface area contributed by atoms with Crippen LogP contribution in [0.25, 0.3) is 0 Å². The number of nitrogens with zero attached hydrogens (tertiary/aromatic N) is 1. The topological polar surface area (TPSA) is 12.4 Å². The third-order valence-corrected chi connectivity index (χ3v) is 6.31. The average molecular weight is 318 g/mol. The molecule has 11 heavy (non-hydrogen) atoms. The monoisotopic (exact) mass is 315 g/mol. The Morgan fingerprint density at radius 3 is 1.64 bits per heavy atom. The molecule has 0 heterocycles. The molecule has 9 heteroatoms. The first-order valence-electron chi connectivity index (χ1n) is 2.40. The molecule has 1 atom stereocenters. The van der Waals surface area contributed by atoms with E-state index in [1.807, 2.05) is 0 Å². The summed E-state index contributed by atoms with van der Waals surface area (Å²) in [4.78, 5) is 0. The molecule has 1 unspecified atom stereocenters. The molecule has 0 aliphatic rings. The molecule has 0 bridgehead atoms. The molecule has 0 aromatic heterocycles. The van der Waals surface area contributed by atoms with Crippen LogP contribution in [0.15, 0.2) is 4.74 Å². The second kappa shape index (κ2) is 4.76. The van der Waals surface area contributed by atoms with Crippen molar-refractivity contribution in [1.29, 1.82) is 0 Å². The molecular formula is C2H5Cl6NP2.